The zero-order valence-corrected chi connectivity index (χ0v) is 10.4. The van der Waals surface area contributed by atoms with Gasteiger partial charge in [0, 0.05) is 7.05 Å². The van der Waals surface area contributed by atoms with E-state index in [0.717, 1.165) is 28.8 Å². The van der Waals surface area contributed by atoms with Gasteiger partial charge >= 0.3 is 11.9 Å². The molecule has 7 nitrogen and oxygen atoms in total. The van der Waals surface area contributed by atoms with Crippen LogP contribution in [-0.4, -0.2) is 43.9 Å². The second-order valence-corrected chi connectivity index (χ2v) is 5.62. The first-order valence-corrected chi connectivity index (χ1v) is 6.53. The van der Waals surface area contributed by atoms with Crippen LogP contribution in [0.15, 0.2) is 18.2 Å². The molecule has 0 fully saturated rings. The van der Waals surface area contributed by atoms with E-state index >= 15 is 0 Å². The zero-order chi connectivity index (χ0) is 14.1. The lowest BCUT2D eigenvalue weighted by atomic mass is 10.1. The fourth-order valence-corrected chi connectivity index (χ4v) is 1.72. The number of carboxylic acid groups (broad SMARTS) is 2. The van der Waals surface area contributed by atoms with E-state index in [4.69, 9.17) is 10.2 Å². The summed E-state index contributed by atoms with van der Waals surface area (Å²) in [7, 11) is -2.38. The molecule has 0 aliphatic carbocycles. The largest absolute Gasteiger partial charge is 0.478 e. The van der Waals surface area contributed by atoms with Crippen LogP contribution in [0, 0.1) is 0 Å². The van der Waals surface area contributed by atoms with Crippen molar-refractivity contribution >= 4 is 27.6 Å². The number of hydrogen-bond donors (Lipinski definition) is 2. The van der Waals surface area contributed by atoms with Gasteiger partial charge in [-0.3, -0.25) is 4.31 Å². The predicted molar refractivity (Wildman–Crippen MR) is 63.6 cm³/mol. The minimum absolute atomic E-state index is 0.0187. The lowest BCUT2D eigenvalue weighted by Gasteiger charge is -2.17. The first-order chi connectivity index (χ1) is 8.12. The summed E-state index contributed by atoms with van der Waals surface area (Å²) in [5, 5.41) is 17.7. The van der Waals surface area contributed by atoms with Crippen LogP contribution in [-0.2, 0) is 10.0 Å². The molecule has 1 aromatic carbocycles. The van der Waals surface area contributed by atoms with Gasteiger partial charge in [0.25, 0.3) is 0 Å². The van der Waals surface area contributed by atoms with Crippen molar-refractivity contribution in [3.63, 3.8) is 0 Å². The Morgan fingerprint density at radius 3 is 1.72 bits per heavy atom. The Kier molecular flexibility index (Phi) is 3.61. The molecule has 0 saturated carbocycles. The molecule has 0 aliphatic heterocycles. The summed E-state index contributed by atoms with van der Waals surface area (Å²) in [6.45, 7) is 0. The van der Waals surface area contributed by atoms with Gasteiger partial charge in [0.1, 0.15) is 0 Å². The summed E-state index contributed by atoms with van der Waals surface area (Å²) < 4.78 is 23.5. The van der Waals surface area contributed by atoms with E-state index in [1.807, 2.05) is 0 Å². The highest BCUT2D eigenvalue weighted by atomic mass is 32.2. The second-order valence-electron chi connectivity index (χ2n) is 3.61. The molecule has 0 amide bonds. The van der Waals surface area contributed by atoms with Gasteiger partial charge in [-0.1, -0.05) is 0 Å². The van der Waals surface area contributed by atoms with Crippen LogP contribution < -0.4 is 4.31 Å². The first-order valence-electron chi connectivity index (χ1n) is 4.68. The zero-order valence-electron chi connectivity index (χ0n) is 9.61. The Morgan fingerprint density at radius 1 is 1.06 bits per heavy atom. The molecule has 0 atom stereocenters. The lowest BCUT2D eigenvalue weighted by molar-refractivity contribution is 0.0696. The summed E-state index contributed by atoms with van der Waals surface area (Å²) in [4.78, 5) is 21.7. The van der Waals surface area contributed by atoms with Gasteiger partial charge in [0.05, 0.1) is 23.1 Å². The SMILES string of the molecule is CN(c1cc(C(=O)O)cc(C(=O)O)c1)S(C)(=O)=O. The number of carboxylic acids is 2. The number of sulfonamides is 1. The van der Waals surface area contributed by atoms with Crippen LogP contribution in [0.5, 0.6) is 0 Å². The predicted octanol–water partition coefficient (Wildman–Crippen LogP) is 0.479. The van der Waals surface area contributed by atoms with Crippen LogP contribution in [0.1, 0.15) is 20.7 Å². The molecule has 8 heteroatoms. The molecule has 0 bridgehead atoms. The molecule has 0 saturated heterocycles. The molecule has 0 heterocycles. The minimum atomic E-state index is -3.59. The fourth-order valence-electron chi connectivity index (χ4n) is 1.23. The summed E-state index contributed by atoms with van der Waals surface area (Å²) in [6.07, 6.45) is 0.931. The van der Waals surface area contributed by atoms with Gasteiger partial charge in [-0.05, 0) is 18.2 Å². The molecule has 0 unspecified atom stereocenters. The smallest absolute Gasteiger partial charge is 0.335 e. The van der Waals surface area contributed by atoms with E-state index in [9.17, 15) is 18.0 Å². The quantitative estimate of drug-likeness (QED) is 0.825. The van der Waals surface area contributed by atoms with Crippen LogP contribution in [0.4, 0.5) is 5.69 Å². The lowest BCUT2D eigenvalue weighted by Crippen LogP contribution is -2.25. The highest BCUT2D eigenvalue weighted by Crippen LogP contribution is 2.20. The van der Waals surface area contributed by atoms with Crippen molar-refractivity contribution in [2.24, 2.45) is 0 Å². The molecule has 1 rings (SSSR count). The van der Waals surface area contributed by atoms with E-state index in [1.54, 1.807) is 0 Å². The minimum Gasteiger partial charge on any atom is -0.478 e. The molecular weight excluding hydrogens is 262 g/mol. The molecular formula is C10H11NO6S. The monoisotopic (exact) mass is 273 g/mol. The standard InChI is InChI=1S/C10H11NO6S/c1-11(18(2,16)17)8-4-6(9(12)13)3-7(5-8)10(14)15/h3-5H,1-2H3,(H,12,13)(H,14,15). The summed E-state index contributed by atoms with van der Waals surface area (Å²) in [5.74, 6) is -2.66. The van der Waals surface area contributed by atoms with Crippen molar-refractivity contribution < 1.29 is 28.2 Å². The fraction of sp³-hybridized carbons (Fsp3) is 0.200. The Hall–Kier alpha value is -2.09. The van der Waals surface area contributed by atoms with Crippen molar-refractivity contribution in [1.29, 1.82) is 0 Å². The Balaban J connectivity index is 3.45. The normalized spacial score (nSPS) is 11.0. The van der Waals surface area contributed by atoms with Gasteiger partial charge in [-0.2, -0.15) is 0 Å². The van der Waals surface area contributed by atoms with E-state index < -0.39 is 22.0 Å². The number of benzene rings is 1. The molecule has 18 heavy (non-hydrogen) atoms. The molecule has 0 aromatic heterocycles. The van der Waals surface area contributed by atoms with Crippen molar-refractivity contribution in [2.75, 3.05) is 17.6 Å². The van der Waals surface area contributed by atoms with Gasteiger partial charge in [-0.15, -0.1) is 0 Å². The maximum Gasteiger partial charge on any atom is 0.335 e. The summed E-state index contributed by atoms with van der Waals surface area (Å²) >= 11 is 0. The summed E-state index contributed by atoms with van der Waals surface area (Å²) in [6, 6.07) is 3.15. The van der Waals surface area contributed by atoms with Crippen LogP contribution in [0.3, 0.4) is 0 Å². The third-order valence-electron chi connectivity index (χ3n) is 2.27. The second kappa shape index (κ2) is 4.65. The highest BCUT2D eigenvalue weighted by molar-refractivity contribution is 7.92. The maximum atomic E-state index is 11.3. The molecule has 0 radical (unpaired) electrons. The van der Waals surface area contributed by atoms with Crippen LogP contribution in [0.2, 0.25) is 0 Å². The van der Waals surface area contributed by atoms with E-state index in [1.165, 1.54) is 7.05 Å². The van der Waals surface area contributed by atoms with Crippen molar-refractivity contribution in [3.05, 3.63) is 29.3 Å². The summed E-state index contributed by atoms with van der Waals surface area (Å²) in [5.41, 5.74) is -0.601. The Bertz CT molecular complexity index is 575. The number of rotatable bonds is 4. The van der Waals surface area contributed by atoms with Crippen molar-refractivity contribution in [2.45, 2.75) is 0 Å². The Morgan fingerprint density at radius 2 is 1.44 bits per heavy atom. The number of hydrogen-bond acceptors (Lipinski definition) is 4. The number of anilines is 1. The third-order valence-corrected chi connectivity index (χ3v) is 3.48. The van der Waals surface area contributed by atoms with Crippen LogP contribution >= 0.6 is 0 Å². The molecule has 1 aromatic rings. The average molecular weight is 273 g/mol. The topological polar surface area (TPSA) is 112 Å². The van der Waals surface area contributed by atoms with E-state index in [-0.39, 0.29) is 16.8 Å². The maximum absolute atomic E-state index is 11.3. The van der Waals surface area contributed by atoms with E-state index in [0.29, 0.717) is 0 Å². The third kappa shape index (κ3) is 2.98. The van der Waals surface area contributed by atoms with Gasteiger partial charge in [0.2, 0.25) is 10.0 Å². The molecule has 0 aliphatic rings. The average Bonchev–Trinajstić information content (AvgIpc) is 2.26. The van der Waals surface area contributed by atoms with Gasteiger partial charge in [0.15, 0.2) is 0 Å². The van der Waals surface area contributed by atoms with Gasteiger partial charge < -0.3 is 10.2 Å². The number of aromatic carboxylic acids is 2. The van der Waals surface area contributed by atoms with Crippen molar-refractivity contribution in [3.8, 4) is 0 Å². The number of nitrogens with zero attached hydrogens (tertiary/aromatic N) is 1. The molecule has 2 N–H and O–H groups in total. The number of carbonyl (C=O) groups is 2. The van der Waals surface area contributed by atoms with E-state index in [2.05, 4.69) is 0 Å². The van der Waals surface area contributed by atoms with Gasteiger partial charge in [-0.25, -0.2) is 18.0 Å². The first kappa shape index (κ1) is 14.0. The van der Waals surface area contributed by atoms with Crippen LogP contribution in [0.25, 0.3) is 0 Å². The highest BCUT2D eigenvalue weighted by Gasteiger charge is 2.17. The Labute approximate surface area is 103 Å². The van der Waals surface area contributed by atoms with Crippen molar-refractivity contribution in [1.82, 2.24) is 0 Å². The molecule has 98 valence electrons. The molecule has 0 spiro atoms.